The molecule has 1 aromatic heterocycles. The molecule has 0 aliphatic carbocycles. The van der Waals surface area contributed by atoms with Crippen molar-refractivity contribution in [3.05, 3.63) is 64.7 Å². The van der Waals surface area contributed by atoms with Gasteiger partial charge in [0.25, 0.3) is 0 Å². The zero-order valence-corrected chi connectivity index (χ0v) is 14.7. The van der Waals surface area contributed by atoms with Gasteiger partial charge in [-0.1, -0.05) is 24.6 Å². The largest absolute Gasteiger partial charge is 0.339 e. The fraction of sp³-hybridized carbons (Fsp3) is 0.263. The average Bonchev–Trinajstić information content (AvgIpc) is 2.89. The number of fused-ring (bicyclic) bond motifs is 3. The summed E-state index contributed by atoms with van der Waals surface area (Å²) in [4.78, 5) is 2.34. The van der Waals surface area contributed by atoms with Crippen LogP contribution in [0.1, 0.15) is 30.1 Å². The Labute approximate surface area is 146 Å². The van der Waals surface area contributed by atoms with Gasteiger partial charge in [0, 0.05) is 23.2 Å². The first-order chi connectivity index (χ1) is 11.5. The molecule has 1 atom stereocenters. The highest BCUT2D eigenvalue weighted by atomic mass is 35.5. The lowest BCUT2D eigenvalue weighted by atomic mass is 10.1. The van der Waals surface area contributed by atoms with Crippen LogP contribution in [0.15, 0.2) is 42.5 Å². The van der Waals surface area contributed by atoms with Crippen LogP contribution >= 0.6 is 11.6 Å². The molecule has 0 saturated carbocycles. The van der Waals surface area contributed by atoms with Crippen molar-refractivity contribution in [3.63, 3.8) is 0 Å². The second-order valence-electron chi connectivity index (χ2n) is 6.42. The first-order valence-corrected chi connectivity index (χ1v) is 8.48. The minimum absolute atomic E-state index is 0.259. The van der Waals surface area contributed by atoms with E-state index in [-0.39, 0.29) is 5.92 Å². The van der Waals surface area contributed by atoms with Crippen LogP contribution in [-0.2, 0) is 0 Å². The molecule has 0 unspecified atom stereocenters. The Kier molecular flexibility index (Phi) is 3.57. The normalized spacial score (nSPS) is 16.5. The molecule has 3 aromatic rings. The summed E-state index contributed by atoms with van der Waals surface area (Å²) in [7, 11) is 0. The number of hydrogen-bond donors (Lipinski definition) is 0. The van der Waals surface area contributed by atoms with Gasteiger partial charge in [-0.3, -0.25) is 4.57 Å². The van der Waals surface area contributed by atoms with E-state index in [1.54, 1.807) is 0 Å². The molecule has 2 aromatic carbocycles. The Bertz CT molecular complexity index is 898. The molecule has 5 heteroatoms. The summed E-state index contributed by atoms with van der Waals surface area (Å²) in [6.45, 7) is 7.16. The molecular formula is C19H19ClN4. The fourth-order valence-corrected chi connectivity index (χ4v) is 3.48. The second-order valence-corrected chi connectivity index (χ2v) is 6.86. The Balaban J connectivity index is 1.96. The van der Waals surface area contributed by atoms with Gasteiger partial charge in [0.15, 0.2) is 0 Å². The molecule has 1 aliphatic heterocycles. The van der Waals surface area contributed by atoms with Crippen LogP contribution in [0.5, 0.6) is 0 Å². The molecule has 2 heterocycles. The molecule has 0 amide bonds. The van der Waals surface area contributed by atoms with Gasteiger partial charge < -0.3 is 4.90 Å². The summed E-state index contributed by atoms with van der Waals surface area (Å²) < 4.78 is 2.18. The zero-order valence-electron chi connectivity index (χ0n) is 14.0. The van der Waals surface area contributed by atoms with Crippen LogP contribution in [0.4, 0.5) is 11.4 Å². The number of halogens is 1. The first-order valence-electron chi connectivity index (χ1n) is 8.10. The summed E-state index contributed by atoms with van der Waals surface area (Å²) in [6.07, 6.45) is 0. The topological polar surface area (TPSA) is 34.0 Å². The number of aromatic nitrogens is 3. The highest BCUT2D eigenvalue weighted by Gasteiger charge is 2.28. The number of anilines is 2. The minimum Gasteiger partial charge on any atom is -0.339 e. The lowest BCUT2D eigenvalue weighted by Gasteiger charge is -2.27. The smallest absolute Gasteiger partial charge is 0.142 e. The van der Waals surface area contributed by atoms with Crippen molar-refractivity contribution < 1.29 is 0 Å². The maximum absolute atomic E-state index is 6.07. The van der Waals surface area contributed by atoms with Crippen molar-refractivity contribution in [3.8, 4) is 5.69 Å². The van der Waals surface area contributed by atoms with E-state index in [4.69, 9.17) is 11.6 Å². The molecule has 122 valence electrons. The predicted octanol–water partition coefficient (Wildman–Crippen LogP) is 4.79. The van der Waals surface area contributed by atoms with Gasteiger partial charge in [-0.05, 0) is 55.8 Å². The van der Waals surface area contributed by atoms with Crippen molar-refractivity contribution in [2.24, 2.45) is 0 Å². The van der Waals surface area contributed by atoms with E-state index in [0.717, 1.165) is 34.6 Å². The third-order valence-electron chi connectivity index (χ3n) is 4.55. The molecule has 0 N–H and O–H groups in total. The maximum atomic E-state index is 6.07. The second kappa shape index (κ2) is 5.64. The standard InChI is InChI=1S/C19H19ClN4/c1-12-4-9-17-18(10-12)23(16-7-5-15(20)6-8-16)11-13(2)19-22-21-14(3)24(17)19/h4-10,13H,11H2,1-3H3/t13-/m1/s1. The SMILES string of the molecule is Cc1ccc2c(c1)N(c1ccc(Cl)cc1)C[C@@H](C)c1nnc(C)n1-2. The van der Waals surface area contributed by atoms with Crippen LogP contribution in [0, 0.1) is 13.8 Å². The van der Waals surface area contributed by atoms with Crippen LogP contribution in [0.3, 0.4) is 0 Å². The van der Waals surface area contributed by atoms with Crippen LogP contribution < -0.4 is 4.90 Å². The quantitative estimate of drug-likeness (QED) is 0.639. The molecule has 1 aliphatic rings. The van der Waals surface area contributed by atoms with Gasteiger partial charge in [0.2, 0.25) is 0 Å². The summed E-state index contributed by atoms with van der Waals surface area (Å²) in [6, 6.07) is 14.5. The van der Waals surface area contributed by atoms with E-state index in [2.05, 4.69) is 63.8 Å². The maximum Gasteiger partial charge on any atom is 0.142 e. The minimum atomic E-state index is 0.259. The Hall–Kier alpha value is -2.33. The van der Waals surface area contributed by atoms with E-state index in [1.807, 2.05) is 19.1 Å². The Morgan fingerprint density at radius 1 is 1.00 bits per heavy atom. The molecule has 0 bridgehead atoms. The fourth-order valence-electron chi connectivity index (χ4n) is 3.35. The molecule has 4 nitrogen and oxygen atoms in total. The molecular weight excluding hydrogens is 320 g/mol. The lowest BCUT2D eigenvalue weighted by molar-refractivity contribution is 0.696. The number of nitrogens with zero attached hydrogens (tertiary/aromatic N) is 4. The molecule has 0 saturated heterocycles. The zero-order chi connectivity index (χ0) is 16.8. The molecule has 0 spiro atoms. The van der Waals surface area contributed by atoms with Gasteiger partial charge in [-0.2, -0.15) is 0 Å². The van der Waals surface area contributed by atoms with Crippen molar-refractivity contribution in [1.29, 1.82) is 0 Å². The van der Waals surface area contributed by atoms with Crippen molar-refractivity contribution in [1.82, 2.24) is 14.8 Å². The van der Waals surface area contributed by atoms with E-state index in [9.17, 15) is 0 Å². The molecule has 0 fully saturated rings. The number of benzene rings is 2. The molecule has 0 radical (unpaired) electrons. The Morgan fingerprint density at radius 2 is 1.75 bits per heavy atom. The molecule has 24 heavy (non-hydrogen) atoms. The summed E-state index contributed by atoms with van der Waals surface area (Å²) in [5.74, 6) is 2.18. The van der Waals surface area contributed by atoms with Gasteiger partial charge in [-0.15, -0.1) is 10.2 Å². The lowest BCUT2D eigenvalue weighted by Crippen LogP contribution is -2.22. The van der Waals surface area contributed by atoms with E-state index >= 15 is 0 Å². The van der Waals surface area contributed by atoms with Gasteiger partial charge in [-0.25, -0.2) is 0 Å². The summed E-state index contributed by atoms with van der Waals surface area (Å²) >= 11 is 6.07. The van der Waals surface area contributed by atoms with E-state index in [0.29, 0.717) is 0 Å². The summed E-state index contributed by atoms with van der Waals surface area (Å²) in [5.41, 5.74) is 4.66. The van der Waals surface area contributed by atoms with Gasteiger partial charge in [0.1, 0.15) is 11.6 Å². The summed E-state index contributed by atoms with van der Waals surface area (Å²) in [5, 5.41) is 9.47. The van der Waals surface area contributed by atoms with Crippen molar-refractivity contribution >= 4 is 23.0 Å². The third kappa shape index (κ3) is 2.38. The van der Waals surface area contributed by atoms with E-state index < -0.39 is 0 Å². The average molecular weight is 339 g/mol. The number of rotatable bonds is 1. The van der Waals surface area contributed by atoms with E-state index in [1.165, 1.54) is 11.3 Å². The monoisotopic (exact) mass is 338 g/mol. The van der Waals surface area contributed by atoms with Gasteiger partial charge >= 0.3 is 0 Å². The van der Waals surface area contributed by atoms with Crippen LogP contribution in [0.25, 0.3) is 5.69 Å². The van der Waals surface area contributed by atoms with Crippen molar-refractivity contribution in [2.45, 2.75) is 26.7 Å². The van der Waals surface area contributed by atoms with Gasteiger partial charge in [0.05, 0.1) is 11.4 Å². The Morgan fingerprint density at radius 3 is 2.50 bits per heavy atom. The number of aryl methyl sites for hydroxylation is 2. The van der Waals surface area contributed by atoms with Crippen LogP contribution in [-0.4, -0.2) is 21.3 Å². The van der Waals surface area contributed by atoms with Crippen LogP contribution in [0.2, 0.25) is 5.02 Å². The molecule has 4 rings (SSSR count). The first kappa shape index (κ1) is 15.2. The van der Waals surface area contributed by atoms with Crippen molar-refractivity contribution in [2.75, 3.05) is 11.4 Å². The number of hydrogen-bond acceptors (Lipinski definition) is 3. The highest BCUT2D eigenvalue weighted by molar-refractivity contribution is 6.30. The predicted molar refractivity (Wildman–Crippen MR) is 97.7 cm³/mol. The third-order valence-corrected chi connectivity index (χ3v) is 4.80. The highest BCUT2D eigenvalue weighted by Crippen LogP contribution is 2.38.